The van der Waals surface area contributed by atoms with Crippen molar-refractivity contribution in [2.45, 2.75) is 19.5 Å². The highest BCUT2D eigenvalue weighted by molar-refractivity contribution is 5.73. The molecule has 1 aliphatic heterocycles. The molecule has 1 N–H and O–H groups in total. The minimum Gasteiger partial charge on any atom is -0.475 e. The van der Waals surface area contributed by atoms with E-state index in [4.69, 9.17) is 9.90 Å². The van der Waals surface area contributed by atoms with E-state index in [1.165, 1.54) is 10.7 Å². The number of carboxylic acids is 1. The Morgan fingerprint density at radius 2 is 1.77 bits per heavy atom. The van der Waals surface area contributed by atoms with Crippen molar-refractivity contribution in [1.29, 1.82) is 0 Å². The van der Waals surface area contributed by atoms with Crippen LogP contribution < -0.4 is 4.90 Å². The van der Waals surface area contributed by atoms with Gasteiger partial charge in [-0.05, 0) is 24.6 Å². The average molecular weight is 494 g/mol. The molecule has 35 heavy (non-hydrogen) atoms. The minimum absolute atomic E-state index is 0.0945. The molecule has 3 heterocycles. The Hall–Kier alpha value is -4.03. The summed E-state index contributed by atoms with van der Waals surface area (Å²) in [5, 5.41) is 11.4. The monoisotopic (exact) mass is 494 g/mol. The molecule has 1 fully saturated rings. The third kappa shape index (κ3) is 6.74. The first-order valence-electron chi connectivity index (χ1n) is 10.5. The first kappa shape index (κ1) is 25.6. The lowest BCUT2D eigenvalue weighted by Crippen LogP contribution is -2.34. The van der Waals surface area contributed by atoms with Crippen molar-refractivity contribution in [3.05, 3.63) is 54.7 Å². The van der Waals surface area contributed by atoms with Gasteiger partial charge < -0.3 is 14.9 Å². The molecule has 0 spiro atoms. The molecular formula is C22H22F4N6O3. The van der Waals surface area contributed by atoms with Crippen LogP contribution in [-0.4, -0.2) is 74.0 Å². The van der Waals surface area contributed by atoms with Crippen LogP contribution in [0.1, 0.15) is 13.3 Å². The van der Waals surface area contributed by atoms with Gasteiger partial charge in [-0.15, -0.1) is 0 Å². The summed E-state index contributed by atoms with van der Waals surface area (Å²) in [6, 6.07) is 8.31. The Morgan fingerprint density at radius 3 is 2.43 bits per heavy atom. The van der Waals surface area contributed by atoms with E-state index in [1.807, 2.05) is 11.0 Å². The number of carbonyl (C=O) groups excluding carboxylic acids is 1. The topological polar surface area (TPSA) is 104 Å². The second-order valence-electron chi connectivity index (χ2n) is 7.52. The second kappa shape index (κ2) is 10.9. The fourth-order valence-electron chi connectivity index (χ4n) is 3.32. The van der Waals surface area contributed by atoms with Crippen LogP contribution in [0.15, 0.2) is 48.9 Å². The molecule has 1 amide bonds. The number of amides is 1. The van der Waals surface area contributed by atoms with Gasteiger partial charge in [-0.25, -0.2) is 23.8 Å². The van der Waals surface area contributed by atoms with Gasteiger partial charge in [-0.1, -0.05) is 12.1 Å². The number of aliphatic carboxylic acids is 1. The number of nitrogens with zero attached hydrogens (tertiary/aromatic N) is 6. The van der Waals surface area contributed by atoms with E-state index < -0.39 is 12.1 Å². The number of anilines is 1. The zero-order chi connectivity index (χ0) is 25.6. The molecule has 0 saturated carbocycles. The summed E-state index contributed by atoms with van der Waals surface area (Å²) in [6.45, 7) is 4.49. The molecule has 0 bridgehead atoms. The van der Waals surface area contributed by atoms with Crippen LogP contribution in [0.25, 0.3) is 16.9 Å². The lowest BCUT2D eigenvalue weighted by molar-refractivity contribution is -0.192. The molecule has 1 aliphatic rings. The highest BCUT2D eigenvalue weighted by Crippen LogP contribution is 2.21. The SMILES string of the molecule is CC(=O)N1CCCN(c2nccc(-c3cnn(-c4ccccc4F)c3)n2)CC1.O=C(O)C(F)(F)F. The van der Waals surface area contributed by atoms with Crippen molar-refractivity contribution in [1.82, 2.24) is 24.6 Å². The number of carboxylic acid groups (broad SMARTS) is 1. The van der Waals surface area contributed by atoms with Crippen molar-refractivity contribution in [3.8, 4) is 16.9 Å². The van der Waals surface area contributed by atoms with Gasteiger partial charge in [0.1, 0.15) is 11.5 Å². The zero-order valence-corrected chi connectivity index (χ0v) is 18.6. The summed E-state index contributed by atoms with van der Waals surface area (Å²) in [5.74, 6) is -2.37. The number of rotatable bonds is 3. The number of aromatic nitrogens is 4. The van der Waals surface area contributed by atoms with E-state index in [2.05, 4.69) is 20.0 Å². The summed E-state index contributed by atoms with van der Waals surface area (Å²) in [4.78, 5) is 33.5. The largest absolute Gasteiger partial charge is 0.490 e. The molecule has 4 rings (SSSR count). The number of hydrogen-bond donors (Lipinski definition) is 1. The summed E-state index contributed by atoms with van der Waals surface area (Å²) < 4.78 is 47.2. The summed E-state index contributed by atoms with van der Waals surface area (Å²) >= 11 is 0. The number of hydrogen-bond acceptors (Lipinski definition) is 6. The highest BCUT2D eigenvalue weighted by atomic mass is 19.4. The number of carbonyl (C=O) groups is 2. The van der Waals surface area contributed by atoms with Gasteiger partial charge in [0, 0.05) is 51.1 Å². The fraction of sp³-hybridized carbons (Fsp3) is 0.318. The molecule has 3 aromatic rings. The third-order valence-corrected chi connectivity index (χ3v) is 5.09. The lowest BCUT2D eigenvalue weighted by Gasteiger charge is -2.21. The van der Waals surface area contributed by atoms with E-state index in [0.29, 0.717) is 24.7 Å². The summed E-state index contributed by atoms with van der Waals surface area (Å²) in [6.07, 6.45) is 0.924. The predicted molar refractivity (Wildman–Crippen MR) is 117 cm³/mol. The maximum atomic E-state index is 14.0. The molecule has 9 nitrogen and oxygen atoms in total. The van der Waals surface area contributed by atoms with Gasteiger partial charge in [-0.3, -0.25) is 4.79 Å². The van der Waals surface area contributed by atoms with Crippen LogP contribution in [0.5, 0.6) is 0 Å². The Labute approximate surface area is 197 Å². The van der Waals surface area contributed by atoms with Crippen molar-refractivity contribution in [2.75, 3.05) is 31.1 Å². The number of benzene rings is 1. The molecule has 1 aromatic carbocycles. The number of alkyl halides is 3. The average Bonchev–Trinajstić information content (AvgIpc) is 3.16. The van der Waals surface area contributed by atoms with Gasteiger partial charge in [-0.2, -0.15) is 18.3 Å². The minimum atomic E-state index is -5.08. The van der Waals surface area contributed by atoms with E-state index in [-0.39, 0.29) is 11.7 Å². The van der Waals surface area contributed by atoms with Crippen LogP contribution in [0.4, 0.5) is 23.5 Å². The van der Waals surface area contributed by atoms with Gasteiger partial charge >= 0.3 is 12.1 Å². The maximum absolute atomic E-state index is 14.0. The number of halogens is 4. The maximum Gasteiger partial charge on any atom is 0.490 e. The van der Waals surface area contributed by atoms with Gasteiger partial charge in [0.2, 0.25) is 11.9 Å². The van der Waals surface area contributed by atoms with Gasteiger partial charge in [0.15, 0.2) is 0 Å². The Kier molecular flexibility index (Phi) is 7.99. The molecule has 186 valence electrons. The van der Waals surface area contributed by atoms with E-state index >= 15 is 0 Å². The standard InChI is InChI=1S/C20H21FN6O.C2HF3O2/c1-15(28)25-9-4-10-26(12-11-25)20-22-8-7-18(24-20)16-13-23-27(14-16)19-6-3-2-5-17(19)21;3-2(4,5)1(6)7/h2-3,5-8,13-14H,4,9-12H2,1H3;(H,6,7). The molecule has 0 atom stereocenters. The van der Waals surface area contributed by atoms with Crippen LogP contribution in [0.3, 0.4) is 0 Å². The lowest BCUT2D eigenvalue weighted by atomic mass is 10.2. The zero-order valence-electron chi connectivity index (χ0n) is 18.6. The Bertz CT molecular complexity index is 1180. The first-order chi connectivity index (χ1) is 16.6. The molecular weight excluding hydrogens is 472 g/mol. The van der Waals surface area contributed by atoms with Crippen LogP contribution >= 0.6 is 0 Å². The molecule has 0 unspecified atom stereocenters. The van der Waals surface area contributed by atoms with Crippen LogP contribution in [0.2, 0.25) is 0 Å². The van der Waals surface area contributed by atoms with E-state index in [9.17, 15) is 22.4 Å². The normalized spacial score (nSPS) is 14.1. The van der Waals surface area contributed by atoms with Crippen LogP contribution in [0, 0.1) is 5.82 Å². The fourth-order valence-corrected chi connectivity index (χ4v) is 3.32. The van der Waals surface area contributed by atoms with E-state index in [1.54, 1.807) is 43.7 Å². The van der Waals surface area contributed by atoms with E-state index in [0.717, 1.165) is 30.8 Å². The van der Waals surface area contributed by atoms with Crippen molar-refractivity contribution in [2.24, 2.45) is 0 Å². The predicted octanol–water partition coefficient (Wildman–Crippen LogP) is 3.16. The van der Waals surface area contributed by atoms with Gasteiger partial charge in [0.25, 0.3) is 0 Å². The smallest absolute Gasteiger partial charge is 0.475 e. The molecule has 2 aromatic heterocycles. The Balaban J connectivity index is 0.000000429. The molecule has 0 radical (unpaired) electrons. The Morgan fingerprint density at radius 1 is 1.06 bits per heavy atom. The number of para-hydroxylation sites is 1. The quantitative estimate of drug-likeness (QED) is 0.558. The van der Waals surface area contributed by atoms with Crippen LogP contribution in [-0.2, 0) is 9.59 Å². The van der Waals surface area contributed by atoms with Crippen molar-refractivity contribution >= 4 is 17.8 Å². The molecule has 1 saturated heterocycles. The first-order valence-corrected chi connectivity index (χ1v) is 10.5. The molecule has 0 aliphatic carbocycles. The van der Waals surface area contributed by atoms with Gasteiger partial charge in [0.05, 0.1) is 11.9 Å². The highest BCUT2D eigenvalue weighted by Gasteiger charge is 2.38. The second-order valence-corrected chi connectivity index (χ2v) is 7.52. The third-order valence-electron chi connectivity index (χ3n) is 5.09. The summed E-state index contributed by atoms with van der Waals surface area (Å²) in [5.41, 5.74) is 1.90. The van der Waals surface area contributed by atoms with Crippen molar-refractivity contribution in [3.63, 3.8) is 0 Å². The molecule has 13 heteroatoms. The van der Waals surface area contributed by atoms with Crippen molar-refractivity contribution < 1.29 is 32.3 Å². The summed E-state index contributed by atoms with van der Waals surface area (Å²) in [7, 11) is 0.